The van der Waals surface area contributed by atoms with Gasteiger partial charge in [-0.25, -0.2) is 4.79 Å². The zero-order valence-corrected chi connectivity index (χ0v) is 16.4. The van der Waals surface area contributed by atoms with Gasteiger partial charge in [-0.15, -0.1) is 0 Å². The Hall–Kier alpha value is -2.66. The van der Waals surface area contributed by atoms with Crippen LogP contribution in [0, 0.1) is 0 Å². The highest BCUT2D eigenvalue weighted by Crippen LogP contribution is 2.21. The second-order valence-corrected chi connectivity index (χ2v) is 7.17. The number of amides is 1. The van der Waals surface area contributed by atoms with E-state index < -0.39 is 0 Å². The molecule has 148 valence electrons. The van der Waals surface area contributed by atoms with Crippen LogP contribution in [0.4, 0.5) is 0 Å². The van der Waals surface area contributed by atoms with Gasteiger partial charge in [0, 0.05) is 25.6 Å². The van der Waals surface area contributed by atoms with Crippen molar-refractivity contribution in [3.8, 4) is 0 Å². The molecule has 28 heavy (non-hydrogen) atoms. The molecule has 5 heteroatoms. The van der Waals surface area contributed by atoms with E-state index in [1.54, 1.807) is 12.1 Å². The second-order valence-electron chi connectivity index (χ2n) is 7.17. The maximum absolute atomic E-state index is 12.2. The van der Waals surface area contributed by atoms with Gasteiger partial charge in [-0.3, -0.25) is 4.79 Å². The number of carbonyl (C=O) groups is 2. The van der Waals surface area contributed by atoms with E-state index in [1.165, 1.54) is 12.7 Å². The van der Waals surface area contributed by atoms with Crippen molar-refractivity contribution in [2.75, 3.05) is 20.2 Å². The lowest BCUT2D eigenvalue weighted by Crippen LogP contribution is -2.36. The SMILES string of the molecule is COC(=O)c1ccc(CNCC[C@H]2CCC(=O)N2CCc2ccccc2)cc1. The first kappa shape index (κ1) is 20.1. The van der Waals surface area contributed by atoms with Crippen LogP contribution in [0.15, 0.2) is 54.6 Å². The van der Waals surface area contributed by atoms with Crippen molar-refractivity contribution < 1.29 is 14.3 Å². The number of hydrogen-bond acceptors (Lipinski definition) is 4. The third-order valence-electron chi connectivity index (χ3n) is 5.30. The maximum atomic E-state index is 12.2. The summed E-state index contributed by atoms with van der Waals surface area (Å²) in [5.74, 6) is -0.0414. The summed E-state index contributed by atoms with van der Waals surface area (Å²) in [5, 5.41) is 3.45. The first-order valence-corrected chi connectivity index (χ1v) is 9.88. The van der Waals surface area contributed by atoms with Crippen LogP contribution in [0.1, 0.15) is 40.7 Å². The Bertz CT molecular complexity index is 774. The lowest BCUT2D eigenvalue weighted by atomic mass is 10.1. The van der Waals surface area contributed by atoms with Crippen molar-refractivity contribution in [1.82, 2.24) is 10.2 Å². The van der Waals surface area contributed by atoms with E-state index in [-0.39, 0.29) is 11.9 Å². The predicted molar refractivity (Wildman–Crippen MR) is 109 cm³/mol. The lowest BCUT2D eigenvalue weighted by Gasteiger charge is -2.25. The van der Waals surface area contributed by atoms with Crippen LogP contribution in [0.3, 0.4) is 0 Å². The van der Waals surface area contributed by atoms with Crippen LogP contribution in [-0.4, -0.2) is 43.0 Å². The molecule has 1 saturated heterocycles. The van der Waals surface area contributed by atoms with Gasteiger partial charge in [0.15, 0.2) is 0 Å². The van der Waals surface area contributed by atoms with Crippen molar-refractivity contribution in [2.24, 2.45) is 0 Å². The molecule has 0 saturated carbocycles. The third-order valence-corrected chi connectivity index (χ3v) is 5.30. The van der Waals surface area contributed by atoms with E-state index in [1.807, 2.05) is 30.3 Å². The first-order chi connectivity index (χ1) is 13.7. The van der Waals surface area contributed by atoms with Gasteiger partial charge in [-0.05, 0) is 49.1 Å². The molecule has 1 aliphatic rings. The largest absolute Gasteiger partial charge is 0.465 e. The molecule has 1 N–H and O–H groups in total. The number of ether oxygens (including phenoxy) is 1. The smallest absolute Gasteiger partial charge is 0.337 e. The first-order valence-electron chi connectivity index (χ1n) is 9.88. The normalized spacial score (nSPS) is 16.4. The number of nitrogens with zero attached hydrogens (tertiary/aromatic N) is 1. The van der Waals surface area contributed by atoms with Gasteiger partial charge in [-0.2, -0.15) is 0 Å². The van der Waals surface area contributed by atoms with Crippen LogP contribution in [0.2, 0.25) is 0 Å². The highest BCUT2D eigenvalue weighted by atomic mass is 16.5. The molecule has 0 aliphatic carbocycles. The number of carbonyl (C=O) groups excluding carboxylic acids is 2. The number of hydrogen-bond donors (Lipinski definition) is 1. The van der Waals surface area contributed by atoms with E-state index in [0.717, 1.165) is 44.5 Å². The quantitative estimate of drug-likeness (QED) is 0.536. The standard InChI is InChI=1S/C23H28N2O3/c1-28-23(27)20-9-7-19(8-10-20)17-24-15-13-21-11-12-22(26)25(21)16-14-18-5-3-2-4-6-18/h2-10,21,24H,11-17H2,1H3/t21-/m1/s1. The lowest BCUT2D eigenvalue weighted by molar-refractivity contribution is -0.129. The third kappa shape index (κ3) is 5.42. The van der Waals surface area contributed by atoms with Crippen LogP contribution in [0.25, 0.3) is 0 Å². The molecule has 0 aromatic heterocycles. The van der Waals surface area contributed by atoms with Gasteiger partial charge in [0.25, 0.3) is 0 Å². The molecular formula is C23H28N2O3. The maximum Gasteiger partial charge on any atom is 0.337 e. The van der Waals surface area contributed by atoms with Gasteiger partial charge >= 0.3 is 5.97 Å². The van der Waals surface area contributed by atoms with Crippen molar-refractivity contribution in [3.63, 3.8) is 0 Å². The monoisotopic (exact) mass is 380 g/mol. The summed E-state index contributed by atoms with van der Waals surface area (Å²) in [5.41, 5.74) is 2.95. The van der Waals surface area contributed by atoms with Crippen molar-refractivity contribution in [1.29, 1.82) is 0 Å². The topological polar surface area (TPSA) is 58.6 Å². The number of rotatable bonds is 9. The second kappa shape index (κ2) is 10.0. The molecule has 1 aliphatic heterocycles. The van der Waals surface area contributed by atoms with Gasteiger partial charge in [-0.1, -0.05) is 42.5 Å². The Labute approximate surface area is 166 Å². The molecule has 1 atom stereocenters. The van der Waals surface area contributed by atoms with E-state index in [0.29, 0.717) is 18.0 Å². The molecule has 3 rings (SSSR count). The van der Waals surface area contributed by atoms with Crippen molar-refractivity contribution >= 4 is 11.9 Å². The summed E-state index contributed by atoms with van der Waals surface area (Å²) >= 11 is 0. The zero-order valence-electron chi connectivity index (χ0n) is 16.4. The summed E-state index contributed by atoms with van der Waals surface area (Å²) in [6.07, 6.45) is 3.47. The molecule has 0 spiro atoms. The fourth-order valence-electron chi connectivity index (χ4n) is 3.67. The number of methoxy groups -OCH3 is 1. The summed E-state index contributed by atoms with van der Waals surface area (Å²) in [6.45, 7) is 2.40. The predicted octanol–water partition coefficient (Wildman–Crippen LogP) is 3.19. The zero-order chi connectivity index (χ0) is 19.8. The minimum atomic E-state index is -0.319. The minimum Gasteiger partial charge on any atom is -0.465 e. The van der Waals surface area contributed by atoms with E-state index in [2.05, 4.69) is 22.3 Å². The van der Waals surface area contributed by atoms with Gasteiger partial charge in [0.1, 0.15) is 0 Å². The average Bonchev–Trinajstić information content (AvgIpc) is 3.09. The fourth-order valence-corrected chi connectivity index (χ4v) is 3.67. The molecule has 2 aromatic carbocycles. The molecule has 2 aromatic rings. The molecule has 0 unspecified atom stereocenters. The Morgan fingerprint density at radius 3 is 2.57 bits per heavy atom. The summed E-state index contributed by atoms with van der Waals surface area (Å²) in [7, 11) is 1.38. The Morgan fingerprint density at radius 1 is 1.11 bits per heavy atom. The van der Waals surface area contributed by atoms with Crippen LogP contribution < -0.4 is 5.32 Å². The van der Waals surface area contributed by atoms with Crippen LogP contribution in [0.5, 0.6) is 0 Å². The fraction of sp³-hybridized carbons (Fsp3) is 0.391. The van der Waals surface area contributed by atoms with Gasteiger partial charge in [0.05, 0.1) is 12.7 Å². The molecule has 0 bridgehead atoms. The highest BCUT2D eigenvalue weighted by Gasteiger charge is 2.29. The number of benzene rings is 2. The Balaban J connectivity index is 1.42. The van der Waals surface area contributed by atoms with Crippen LogP contribution >= 0.6 is 0 Å². The molecule has 5 nitrogen and oxygen atoms in total. The number of nitrogens with one attached hydrogen (secondary N) is 1. The molecule has 1 fully saturated rings. The van der Waals surface area contributed by atoms with E-state index >= 15 is 0 Å². The van der Waals surface area contributed by atoms with E-state index in [4.69, 9.17) is 4.74 Å². The molecule has 1 heterocycles. The number of likely N-dealkylation sites (tertiary alicyclic amines) is 1. The molecule has 1 amide bonds. The summed E-state index contributed by atoms with van der Waals surface area (Å²) in [6, 6.07) is 18.1. The minimum absolute atomic E-state index is 0.277. The summed E-state index contributed by atoms with van der Waals surface area (Å²) in [4.78, 5) is 25.8. The van der Waals surface area contributed by atoms with E-state index in [9.17, 15) is 9.59 Å². The highest BCUT2D eigenvalue weighted by molar-refractivity contribution is 5.89. The van der Waals surface area contributed by atoms with Crippen molar-refractivity contribution in [2.45, 2.75) is 38.3 Å². The number of esters is 1. The average molecular weight is 380 g/mol. The van der Waals surface area contributed by atoms with Gasteiger partial charge in [0.2, 0.25) is 5.91 Å². The Kier molecular flexibility index (Phi) is 7.20. The summed E-state index contributed by atoms with van der Waals surface area (Å²) < 4.78 is 4.71. The molecule has 0 radical (unpaired) electrons. The van der Waals surface area contributed by atoms with Crippen molar-refractivity contribution in [3.05, 3.63) is 71.3 Å². The van der Waals surface area contributed by atoms with Crippen LogP contribution in [-0.2, 0) is 22.5 Å². The molecular weight excluding hydrogens is 352 g/mol. The van der Waals surface area contributed by atoms with Gasteiger partial charge < -0.3 is 15.0 Å². The Morgan fingerprint density at radius 2 is 1.86 bits per heavy atom.